The van der Waals surface area contributed by atoms with Gasteiger partial charge in [-0.2, -0.15) is 0 Å². The normalized spacial score (nSPS) is 11.5. The van der Waals surface area contributed by atoms with Crippen molar-refractivity contribution in [1.82, 2.24) is 0 Å². The van der Waals surface area contributed by atoms with Gasteiger partial charge in [-0.25, -0.2) is 0 Å². The van der Waals surface area contributed by atoms with Gasteiger partial charge in [-0.15, -0.1) is 0 Å². The first-order valence-corrected chi connectivity index (χ1v) is 6.34. The van der Waals surface area contributed by atoms with Gasteiger partial charge in [0.15, 0.2) is 0 Å². The number of fused-ring (bicyclic) bond motifs is 1. The lowest BCUT2D eigenvalue weighted by Crippen LogP contribution is -1.96. The lowest BCUT2D eigenvalue weighted by Gasteiger charge is -2.05. The summed E-state index contributed by atoms with van der Waals surface area (Å²) in [5, 5.41) is 4.32. The summed E-state index contributed by atoms with van der Waals surface area (Å²) in [5.41, 5.74) is 0. The molecule has 0 fully saturated rings. The summed E-state index contributed by atoms with van der Waals surface area (Å²) in [6, 6.07) is 15.3. The number of benzene rings is 2. The minimum Gasteiger partial charge on any atom is -0.0897 e. The van der Waals surface area contributed by atoms with Crippen molar-refractivity contribution in [3.63, 3.8) is 0 Å². The van der Waals surface area contributed by atoms with Crippen molar-refractivity contribution < 1.29 is 0 Å². The van der Waals surface area contributed by atoms with Gasteiger partial charge in [0, 0.05) is 0 Å². The molecule has 2 aromatic rings. The molecule has 0 heterocycles. The molecule has 0 aliphatic heterocycles. The van der Waals surface area contributed by atoms with Crippen molar-refractivity contribution in [2.75, 3.05) is 6.16 Å². The standard InChI is InChI=1S/C13H15P/c1-2-10-14-13-9-5-7-11-6-3-4-8-12(11)13/h3-9,14H,2,10H2,1H3. The molecule has 72 valence electrons. The fourth-order valence-corrected chi connectivity index (χ4v) is 2.79. The Morgan fingerprint density at radius 1 is 1.00 bits per heavy atom. The van der Waals surface area contributed by atoms with E-state index in [4.69, 9.17) is 0 Å². The predicted octanol–water partition coefficient (Wildman–Crippen LogP) is 3.55. The Morgan fingerprint density at radius 2 is 1.79 bits per heavy atom. The smallest absolute Gasteiger partial charge is 0.0110 e. The Kier molecular flexibility index (Phi) is 3.16. The summed E-state index contributed by atoms with van der Waals surface area (Å²) in [7, 11) is 0.958. The number of hydrogen-bond donors (Lipinski definition) is 0. The van der Waals surface area contributed by atoms with E-state index in [2.05, 4.69) is 49.4 Å². The average Bonchev–Trinajstić information content (AvgIpc) is 2.26. The lowest BCUT2D eigenvalue weighted by atomic mass is 10.1. The van der Waals surface area contributed by atoms with Crippen molar-refractivity contribution >= 4 is 24.7 Å². The number of hydrogen-bond acceptors (Lipinski definition) is 0. The third kappa shape index (κ3) is 1.96. The quantitative estimate of drug-likeness (QED) is 0.668. The van der Waals surface area contributed by atoms with E-state index in [0.717, 1.165) is 8.58 Å². The molecule has 2 rings (SSSR count). The zero-order chi connectivity index (χ0) is 9.80. The molecular weight excluding hydrogens is 187 g/mol. The highest BCUT2D eigenvalue weighted by molar-refractivity contribution is 7.47. The van der Waals surface area contributed by atoms with Crippen LogP contribution in [0.5, 0.6) is 0 Å². The molecule has 0 aliphatic carbocycles. The summed E-state index contributed by atoms with van der Waals surface area (Å²) < 4.78 is 0. The fraction of sp³-hybridized carbons (Fsp3) is 0.231. The fourth-order valence-electron chi connectivity index (χ4n) is 1.64. The maximum absolute atomic E-state index is 2.26. The van der Waals surface area contributed by atoms with Crippen LogP contribution in [0.2, 0.25) is 0 Å². The van der Waals surface area contributed by atoms with Crippen molar-refractivity contribution in [3.05, 3.63) is 42.5 Å². The minimum atomic E-state index is 0.958. The lowest BCUT2D eigenvalue weighted by molar-refractivity contribution is 1.10. The molecule has 0 spiro atoms. The Bertz CT molecular complexity index is 415. The van der Waals surface area contributed by atoms with Crippen molar-refractivity contribution in [1.29, 1.82) is 0 Å². The highest BCUT2D eigenvalue weighted by Gasteiger charge is 1.98. The van der Waals surface area contributed by atoms with Crippen molar-refractivity contribution in [2.45, 2.75) is 13.3 Å². The molecule has 0 aliphatic rings. The molecule has 0 amide bonds. The molecule has 1 heteroatoms. The summed E-state index contributed by atoms with van der Waals surface area (Å²) in [5.74, 6) is 0. The SMILES string of the molecule is CCCPc1cccc2ccccc12. The molecule has 0 radical (unpaired) electrons. The second-order valence-corrected chi connectivity index (χ2v) is 4.85. The molecule has 0 saturated carbocycles. The van der Waals surface area contributed by atoms with Gasteiger partial charge in [-0.05, 0) is 22.2 Å². The summed E-state index contributed by atoms with van der Waals surface area (Å²) in [4.78, 5) is 0. The topological polar surface area (TPSA) is 0 Å². The highest BCUT2D eigenvalue weighted by Crippen LogP contribution is 2.19. The van der Waals surface area contributed by atoms with Crippen LogP contribution in [0, 0.1) is 0 Å². The molecule has 0 aromatic heterocycles. The van der Waals surface area contributed by atoms with Crippen molar-refractivity contribution in [3.8, 4) is 0 Å². The van der Waals surface area contributed by atoms with E-state index in [-0.39, 0.29) is 0 Å². The second kappa shape index (κ2) is 4.57. The van der Waals surface area contributed by atoms with Gasteiger partial charge in [-0.3, -0.25) is 0 Å². The van der Waals surface area contributed by atoms with E-state index in [1.807, 2.05) is 0 Å². The van der Waals surface area contributed by atoms with E-state index in [1.54, 1.807) is 0 Å². The van der Waals surface area contributed by atoms with E-state index in [9.17, 15) is 0 Å². The van der Waals surface area contributed by atoms with Crippen LogP contribution in [0.3, 0.4) is 0 Å². The van der Waals surface area contributed by atoms with Gasteiger partial charge in [0.1, 0.15) is 0 Å². The molecular formula is C13H15P. The first-order chi connectivity index (χ1) is 6.92. The summed E-state index contributed by atoms with van der Waals surface area (Å²) in [6.45, 7) is 2.25. The largest absolute Gasteiger partial charge is 0.0897 e. The van der Waals surface area contributed by atoms with Crippen LogP contribution < -0.4 is 5.30 Å². The molecule has 0 N–H and O–H groups in total. The Balaban J connectivity index is 2.43. The zero-order valence-electron chi connectivity index (χ0n) is 8.46. The Hall–Kier alpha value is -0.870. The van der Waals surface area contributed by atoms with Gasteiger partial charge in [-0.1, -0.05) is 64.4 Å². The van der Waals surface area contributed by atoms with E-state index in [1.165, 1.54) is 28.7 Å². The van der Waals surface area contributed by atoms with Crippen LogP contribution in [0.4, 0.5) is 0 Å². The number of rotatable bonds is 3. The second-order valence-electron chi connectivity index (χ2n) is 3.45. The molecule has 14 heavy (non-hydrogen) atoms. The molecule has 1 atom stereocenters. The van der Waals surface area contributed by atoms with E-state index < -0.39 is 0 Å². The maximum Gasteiger partial charge on any atom is -0.0110 e. The summed E-state index contributed by atoms with van der Waals surface area (Å²) >= 11 is 0. The third-order valence-electron chi connectivity index (χ3n) is 2.36. The molecule has 2 aromatic carbocycles. The summed E-state index contributed by atoms with van der Waals surface area (Å²) in [6.07, 6.45) is 2.59. The maximum atomic E-state index is 2.26. The van der Waals surface area contributed by atoms with Crippen LogP contribution >= 0.6 is 8.58 Å². The van der Waals surface area contributed by atoms with Crippen LogP contribution in [-0.4, -0.2) is 6.16 Å². The first-order valence-electron chi connectivity index (χ1n) is 5.13. The van der Waals surface area contributed by atoms with Gasteiger partial charge in [0.2, 0.25) is 0 Å². The molecule has 0 bridgehead atoms. The van der Waals surface area contributed by atoms with E-state index in [0.29, 0.717) is 0 Å². The van der Waals surface area contributed by atoms with Crippen LogP contribution in [0.25, 0.3) is 10.8 Å². The monoisotopic (exact) mass is 202 g/mol. The Morgan fingerprint density at radius 3 is 2.64 bits per heavy atom. The van der Waals surface area contributed by atoms with E-state index >= 15 is 0 Å². The van der Waals surface area contributed by atoms with Gasteiger partial charge in [0.05, 0.1) is 0 Å². The van der Waals surface area contributed by atoms with Gasteiger partial charge in [0.25, 0.3) is 0 Å². The van der Waals surface area contributed by atoms with Crippen LogP contribution in [-0.2, 0) is 0 Å². The minimum absolute atomic E-state index is 0.958. The average molecular weight is 202 g/mol. The predicted molar refractivity (Wildman–Crippen MR) is 67.1 cm³/mol. The molecule has 1 unspecified atom stereocenters. The van der Waals surface area contributed by atoms with Gasteiger partial charge < -0.3 is 0 Å². The van der Waals surface area contributed by atoms with Gasteiger partial charge >= 0.3 is 0 Å². The molecule has 0 saturated heterocycles. The highest BCUT2D eigenvalue weighted by atomic mass is 31.1. The first kappa shape index (κ1) is 9.68. The van der Waals surface area contributed by atoms with Crippen LogP contribution in [0.1, 0.15) is 13.3 Å². The third-order valence-corrected chi connectivity index (χ3v) is 3.92. The van der Waals surface area contributed by atoms with Crippen LogP contribution in [0.15, 0.2) is 42.5 Å². The Labute approximate surface area is 87.1 Å². The zero-order valence-corrected chi connectivity index (χ0v) is 9.46. The van der Waals surface area contributed by atoms with Crippen molar-refractivity contribution in [2.24, 2.45) is 0 Å². The molecule has 0 nitrogen and oxygen atoms in total.